The van der Waals surface area contributed by atoms with Gasteiger partial charge < -0.3 is 14.4 Å². The molecule has 1 amide bonds. The van der Waals surface area contributed by atoms with Crippen molar-refractivity contribution in [3.05, 3.63) is 29.8 Å². The van der Waals surface area contributed by atoms with Crippen molar-refractivity contribution >= 4 is 11.9 Å². The van der Waals surface area contributed by atoms with Crippen LogP contribution in [0.4, 0.5) is 0 Å². The van der Waals surface area contributed by atoms with E-state index in [9.17, 15) is 9.59 Å². The van der Waals surface area contributed by atoms with Gasteiger partial charge in [-0.3, -0.25) is 9.59 Å². The second-order valence-electron chi connectivity index (χ2n) is 5.00. The number of esters is 1. The highest BCUT2D eigenvalue weighted by atomic mass is 16.5. The Balaban J connectivity index is 1.74. The Hall–Kier alpha value is -2.04. The van der Waals surface area contributed by atoms with Crippen molar-refractivity contribution in [2.45, 2.75) is 26.2 Å². The van der Waals surface area contributed by atoms with Gasteiger partial charge in [-0.25, -0.2) is 0 Å². The Kier molecular flexibility index (Phi) is 5.60. The maximum absolute atomic E-state index is 11.8. The van der Waals surface area contributed by atoms with Crippen molar-refractivity contribution in [1.29, 1.82) is 0 Å². The molecule has 1 saturated heterocycles. The van der Waals surface area contributed by atoms with Gasteiger partial charge in [-0.05, 0) is 37.5 Å². The van der Waals surface area contributed by atoms with Crippen LogP contribution in [0.1, 0.15) is 25.3 Å². The van der Waals surface area contributed by atoms with Crippen molar-refractivity contribution in [2.24, 2.45) is 0 Å². The predicted octanol–water partition coefficient (Wildman–Crippen LogP) is 1.79. The number of nitrogens with zero attached hydrogens (tertiary/aromatic N) is 1. The molecule has 0 saturated carbocycles. The summed E-state index contributed by atoms with van der Waals surface area (Å²) in [5, 5.41) is 0. The van der Waals surface area contributed by atoms with Crippen LogP contribution in [0.25, 0.3) is 0 Å². The average molecular weight is 291 g/mol. The lowest BCUT2D eigenvalue weighted by Gasteiger charge is -2.14. The van der Waals surface area contributed by atoms with Crippen molar-refractivity contribution in [1.82, 2.24) is 4.90 Å². The summed E-state index contributed by atoms with van der Waals surface area (Å²) >= 11 is 0. The summed E-state index contributed by atoms with van der Waals surface area (Å²) in [4.78, 5) is 25.2. The Labute approximate surface area is 124 Å². The topological polar surface area (TPSA) is 55.8 Å². The van der Waals surface area contributed by atoms with Crippen LogP contribution in [0.2, 0.25) is 0 Å². The van der Waals surface area contributed by atoms with E-state index in [0.29, 0.717) is 6.61 Å². The number of hydrogen-bond acceptors (Lipinski definition) is 4. The molecule has 1 fully saturated rings. The monoisotopic (exact) mass is 291 g/mol. The summed E-state index contributed by atoms with van der Waals surface area (Å²) in [6, 6.07) is 7.30. The molecule has 21 heavy (non-hydrogen) atoms. The summed E-state index contributed by atoms with van der Waals surface area (Å²) in [5.74, 6) is 0.290. The highest BCUT2D eigenvalue weighted by Gasteiger charge is 2.19. The second kappa shape index (κ2) is 7.67. The summed E-state index contributed by atoms with van der Waals surface area (Å²) in [7, 11) is 0. The minimum atomic E-state index is -0.383. The van der Waals surface area contributed by atoms with Gasteiger partial charge in [0.2, 0.25) is 0 Å². The number of rotatable bonds is 6. The van der Waals surface area contributed by atoms with Crippen molar-refractivity contribution in [3.8, 4) is 5.75 Å². The first kappa shape index (κ1) is 15.4. The smallest absolute Gasteiger partial charge is 0.310 e. The van der Waals surface area contributed by atoms with Crippen molar-refractivity contribution in [2.75, 3.05) is 26.3 Å². The maximum atomic E-state index is 11.8. The first-order valence-corrected chi connectivity index (χ1v) is 7.34. The summed E-state index contributed by atoms with van der Waals surface area (Å²) in [5.41, 5.74) is 0.845. The molecule has 1 aliphatic rings. The van der Waals surface area contributed by atoms with Gasteiger partial charge in [-0.1, -0.05) is 12.1 Å². The first-order chi connectivity index (χ1) is 10.2. The minimum absolute atomic E-state index is 0.104. The molecule has 0 bridgehead atoms. The number of benzene rings is 1. The van der Waals surface area contributed by atoms with E-state index < -0.39 is 0 Å². The fourth-order valence-electron chi connectivity index (χ4n) is 2.29. The lowest BCUT2D eigenvalue weighted by atomic mass is 10.1. The molecule has 1 heterocycles. The van der Waals surface area contributed by atoms with Gasteiger partial charge in [0.05, 0.1) is 13.0 Å². The summed E-state index contributed by atoms with van der Waals surface area (Å²) in [6.07, 6.45) is 2.23. The van der Waals surface area contributed by atoms with E-state index in [0.717, 1.165) is 37.2 Å². The Bertz CT molecular complexity index is 478. The van der Waals surface area contributed by atoms with Crippen LogP contribution in [-0.2, 0) is 20.7 Å². The highest BCUT2D eigenvalue weighted by molar-refractivity contribution is 5.81. The third kappa shape index (κ3) is 4.77. The first-order valence-electron chi connectivity index (χ1n) is 7.34. The van der Waals surface area contributed by atoms with E-state index in [4.69, 9.17) is 9.47 Å². The molecule has 1 aliphatic heterocycles. The molecule has 0 spiro atoms. The van der Waals surface area contributed by atoms with E-state index >= 15 is 0 Å². The van der Waals surface area contributed by atoms with E-state index in [1.807, 2.05) is 31.2 Å². The van der Waals surface area contributed by atoms with Crippen LogP contribution >= 0.6 is 0 Å². The molecule has 5 heteroatoms. The zero-order valence-electron chi connectivity index (χ0n) is 12.3. The quantitative estimate of drug-likeness (QED) is 0.750. The normalized spacial score (nSPS) is 14.0. The highest BCUT2D eigenvalue weighted by Crippen LogP contribution is 2.13. The number of ether oxygens (including phenoxy) is 2. The summed E-state index contributed by atoms with van der Waals surface area (Å²) < 4.78 is 10.4. The molecule has 0 unspecified atom stereocenters. The fourth-order valence-corrected chi connectivity index (χ4v) is 2.29. The van der Waals surface area contributed by atoms with Crippen molar-refractivity contribution < 1.29 is 19.1 Å². The largest absolute Gasteiger partial charge is 0.494 e. The molecule has 0 N–H and O–H groups in total. The van der Waals surface area contributed by atoms with Gasteiger partial charge in [0.15, 0.2) is 6.61 Å². The van der Waals surface area contributed by atoms with Gasteiger partial charge in [0.1, 0.15) is 5.75 Å². The Morgan fingerprint density at radius 2 is 1.81 bits per heavy atom. The predicted molar refractivity (Wildman–Crippen MR) is 78.1 cm³/mol. The van der Waals surface area contributed by atoms with Crippen LogP contribution in [0, 0.1) is 0 Å². The number of amides is 1. The third-order valence-electron chi connectivity index (χ3n) is 3.40. The van der Waals surface area contributed by atoms with Gasteiger partial charge in [-0.15, -0.1) is 0 Å². The summed E-state index contributed by atoms with van der Waals surface area (Å²) in [6.45, 7) is 3.92. The van der Waals surface area contributed by atoms with Crippen LogP contribution < -0.4 is 4.74 Å². The van der Waals surface area contributed by atoms with E-state index in [1.165, 1.54) is 0 Å². The van der Waals surface area contributed by atoms with Crippen LogP contribution in [0.5, 0.6) is 5.75 Å². The number of hydrogen-bond donors (Lipinski definition) is 0. The molecule has 1 aromatic rings. The van der Waals surface area contributed by atoms with Crippen LogP contribution in [-0.4, -0.2) is 43.1 Å². The van der Waals surface area contributed by atoms with E-state index in [1.54, 1.807) is 4.90 Å². The number of carbonyl (C=O) groups is 2. The lowest BCUT2D eigenvalue weighted by Crippen LogP contribution is -2.32. The number of carbonyl (C=O) groups excluding carboxylic acids is 2. The minimum Gasteiger partial charge on any atom is -0.494 e. The lowest BCUT2D eigenvalue weighted by molar-refractivity contribution is -0.151. The Morgan fingerprint density at radius 1 is 1.14 bits per heavy atom. The SMILES string of the molecule is CCOc1ccc(CC(=O)OCC(=O)N2CCCC2)cc1. The van der Waals surface area contributed by atoms with Gasteiger partial charge in [-0.2, -0.15) is 0 Å². The van der Waals surface area contributed by atoms with E-state index in [2.05, 4.69) is 0 Å². The van der Waals surface area contributed by atoms with Gasteiger partial charge >= 0.3 is 5.97 Å². The molecular formula is C16H21NO4. The van der Waals surface area contributed by atoms with Crippen molar-refractivity contribution in [3.63, 3.8) is 0 Å². The fraction of sp³-hybridized carbons (Fsp3) is 0.500. The molecular weight excluding hydrogens is 270 g/mol. The maximum Gasteiger partial charge on any atom is 0.310 e. The van der Waals surface area contributed by atoms with E-state index in [-0.39, 0.29) is 24.9 Å². The second-order valence-corrected chi connectivity index (χ2v) is 5.00. The Morgan fingerprint density at radius 3 is 2.43 bits per heavy atom. The molecule has 114 valence electrons. The molecule has 0 aliphatic carbocycles. The van der Waals surface area contributed by atoms with Gasteiger partial charge in [0, 0.05) is 13.1 Å². The zero-order valence-corrected chi connectivity index (χ0v) is 12.3. The molecule has 1 aromatic carbocycles. The van der Waals surface area contributed by atoms with Crippen LogP contribution in [0.3, 0.4) is 0 Å². The molecule has 0 radical (unpaired) electrons. The van der Waals surface area contributed by atoms with Gasteiger partial charge in [0.25, 0.3) is 5.91 Å². The average Bonchev–Trinajstić information content (AvgIpc) is 3.01. The molecule has 0 aromatic heterocycles. The number of likely N-dealkylation sites (tertiary alicyclic amines) is 1. The third-order valence-corrected chi connectivity index (χ3v) is 3.40. The molecule has 2 rings (SSSR count). The van der Waals surface area contributed by atoms with Crippen LogP contribution in [0.15, 0.2) is 24.3 Å². The standard InChI is InChI=1S/C16H21NO4/c1-2-20-14-7-5-13(6-8-14)11-16(19)21-12-15(18)17-9-3-4-10-17/h5-8H,2-4,9-12H2,1H3. The molecule has 0 atom stereocenters. The zero-order chi connectivity index (χ0) is 15.1. The molecule has 5 nitrogen and oxygen atoms in total.